The zero-order chi connectivity index (χ0) is 26.5. The minimum atomic E-state index is -0.303. The van der Waals surface area contributed by atoms with Crippen molar-refractivity contribution < 1.29 is 9.53 Å². The van der Waals surface area contributed by atoms with Crippen molar-refractivity contribution in [2.75, 3.05) is 62.3 Å². The number of carbonyl (C=O) groups is 1. The van der Waals surface area contributed by atoms with Crippen LogP contribution in [0.1, 0.15) is 10.4 Å². The third kappa shape index (κ3) is 4.17. The molecule has 39 heavy (non-hydrogen) atoms. The molecule has 0 radical (unpaired) electrons. The van der Waals surface area contributed by atoms with Crippen molar-refractivity contribution >= 4 is 66.7 Å². The first kappa shape index (κ1) is 24.3. The lowest BCUT2D eigenvalue weighted by molar-refractivity contribution is 0.0747. The number of carbonyl (C=O) groups excluding carboxylic acids is 1. The number of piperazine rings is 1. The fraction of sp³-hybridized carbons (Fsp3) is 0.296. The number of amides is 1. The average Bonchev–Trinajstić information content (AvgIpc) is 3.36. The highest BCUT2D eigenvalue weighted by Crippen LogP contribution is 2.33. The van der Waals surface area contributed by atoms with Gasteiger partial charge in [-0.3, -0.25) is 14.0 Å². The Kier molecular flexibility index (Phi) is 6.06. The van der Waals surface area contributed by atoms with E-state index in [9.17, 15) is 9.59 Å². The smallest absolute Gasteiger partial charge is 0.260 e. The lowest BCUT2D eigenvalue weighted by atomic mass is 10.1. The second-order valence-corrected chi connectivity index (χ2v) is 11.0. The summed E-state index contributed by atoms with van der Waals surface area (Å²) in [6.07, 6.45) is 3.41. The molecule has 0 bridgehead atoms. The van der Waals surface area contributed by atoms with Gasteiger partial charge in [0.25, 0.3) is 5.91 Å². The van der Waals surface area contributed by atoms with Gasteiger partial charge in [-0.2, -0.15) is 0 Å². The number of aromatic nitrogens is 4. The quantitative estimate of drug-likeness (QED) is 0.331. The molecule has 5 aromatic rings. The summed E-state index contributed by atoms with van der Waals surface area (Å²) >= 11 is 7.81. The van der Waals surface area contributed by atoms with Crippen LogP contribution in [0.15, 0.2) is 53.6 Å². The number of hydrogen-bond acceptors (Lipinski definition) is 9. The average molecular weight is 562 g/mol. The zero-order valence-corrected chi connectivity index (χ0v) is 22.5. The summed E-state index contributed by atoms with van der Waals surface area (Å²) in [6.45, 7) is 4.80. The molecule has 0 N–H and O–H groups in total. The predicted molar refractivity (Wildman–Crippen MR) is 153 cm³/mol. The number of ether oxygens (including phenoxy) is 1. The number of hydrogen-bond donors (Lipinski definition) is 0. The number of halogens is 1. The van der Waals surface area contributed by atoms with Crippen LogP contribution in [-0.4, -0.2) is 82.6 Å². The maximum absolute atomic E-state index is 14.0. The Balaban J connectivity index is 1.35. The van der Waals surface area contributed by atoms with E-state index in [1.165, 1.54) is 11.3 Å². The summed E-state index contributed by atoms with van der Waals surface area (Å²) in [6, 6.07) is 11.0. The van der Waals surface area contributed by atoms with Gasteiger partial charge in [0.1, 0.15) is 16.2 Å². The van der Waals surface area contributed by atoms with Crippen molar-refractivity contribution in [3.8, 4) is 0 Å². The lowest BCUT2D eigenvalue weighted by Gasteiger charge is -2.34. The fourth-order valence-corrected chi connectivity index (χ4v) is 6.60. The monoisotopic (exact) mass is 561 g/mol. The molecule has 0 saturated carbocycles. The summed E-state index contributed by atoms with van der Waals surface area (Å²) in [7, 11) is 0. The molecule has 1 aromatic carbocycles. The van der Waals surface area contributed by atoms with Crippen LogP contribution in [0.2, 0.25) is 5.02 Å². The van der Waals surface area contributed by atoms with Crippen LogP contribution in [0.5, 0.6) is 0 Å². The molecule has 12 heteroatoms. The Bertz CT molecular complexity index is 1780. The van der Waals surface area contributed by atoms with E-state index in [1.807, 2.05) is 33.6 Å². The third-order valence-corrected chi connectivity index (χ3v) is 8.66. The summed E-state index contributed by atoms with van der Waals surface area (Å²) in [5, 5.41) is 0.981. The minimum Gasteiger partial charge on any atom is -0.378 e. The van der Waals surface area contributed by atoms with E-state index in [0.29, 0.717) is 66.2 Å². The molecule has 7 rings (SSSR count). The van der Waals surface area contributed by atoms with E-state index < -0.39 is 0 Å². The van der Waals surface area contributed by atoms with Gasteiger partial charge in [-0.25, -0.2) is 15.0 Å². The molecule has 2 aliphatic heterocycles. The Morgan fingerprint density at radius 3 is 2.49 bits per heavy atom. The highest BCUT2D eigenvalue weighted by molar-refractivity contribution is 7.24. The third-order valence-electron chi connectivity index (χ3n) is 7.28. The molecule has 6 heterocycles. The summed E-state index contributed by atoms with van der Waals surface area (Å²) in [4.78, 5) is 48.1. The molecule has 0 atom stereocenters. The number of morpholine rings is 1. The maximum atomic E-state index is 14.0. The molecule has 2 aliphatic rings. The summed E-state index contributed by atoms with van der Waals surface area (Å²) < 4.78 is 8.34. The van der Waals surface area contributed by atoms with E-state index in [-0.39, 0.29) is 16.9 Å². The molecule has 0 unspecified atom stereocenters. The van der Waals surface area contributed by atoms with E-state index in [2.05, 4.69) is 14.9 Å². The van der Waals surface area contributed by atoms with Gasteiger partial charge in [0, 0.05) is 56.7 Å². The van der Waals surface area contributed by atoms with Crippen molar-refractivity contribution in [3.63, 3.8) is 0 Å². The first-order chi connectivity index (χ1) is 19.1. The van der Waals surface area contributed by atoms with Crippen molar-refractivity contribution in [1.29, 1.82) is 0 Å². The molecule has 2 saturated heterocycles. The van der Waals surface area contributed by atoms with Crippen LogP contribution < -0.4 is 15.2 Å². The molecular formula is C27H24ClN7O3S. The van der Waals surface area contributed by atoms with E-state index >= 15 is 0 Å². The number of nitrogens with zero attached hydrogens (tertiary/aromatic N) is 7. The van der Waals surface area contributed by atoms with Gasteiger partial charge in [0.15, 0.2) is 5.65 Å². The first-order valence-electron chi connectivity index (χ1n) is 12.8. The zero-order valence-electron chi connectivity index (χ0n) is 20.9. The number of anilines is 2. The second-order valence-electron chi connectivity index (χ2n) is 9.53. The van der Waals surface area contributed by atoms with Crippen LogP contribution in [0.25, 0.3) is 26.1 Å². The molecule has 1 amide bonds. The van der Waals surface area contributed by atoms with E-state index in [4.69, 9.17) is 21.3 Å². The Hall–Kier alpha value is -3.80. The molecule has 0 spiro atoms. The first-order valence-corrected chi connectivity index (χ1v) is 14.0. The molecule has 4 aromatic heterocycles. The number of benzene rings is 1. The highest BCUT2D eigenvalue weighted by atomic mass is 35.5. The number of fused-ring (bicyclic) bond motifs is 5. The van der Waals surface area contributed by atoms with Gasteiger partial charge in [-0.05, 0) is 36.4 Å². The van der Waals surface area contributed by atoms with Gasteiger partial charge in [-0.15, -0.1) is 11.3 Å². The minimum absolute atomic E-state index is 0.171. The topological polar surface area (TPSA) is 96.2 Å². The van der Waals surface area contributed by atoms with Gasteiger partial charge < -0.3 is 19.4 Å². The largest absolute Gasteiger partial charge is 0.378 e. The van der Waals surface area contributed by atoms with Crippen molar-refractivity contribution in [2.24, 2.45) is 0 Å². The van der Waals surface area contributed by atoms with E-state index in [1.54, 1.807) is 29.4 Å². The van der Waals surface area contributed by atoms with Crippen LogP contribution in [-0.2, 0) is 4.74 Å². The predicted octanol–water partition coefficient (Wildman–Crippen LogP) is 3.30. The Labute approximate surface area is 232 Å². The van der Waals surface area contributed by atoms with Gasteiger partial charge >= 0.3 is 0 Å². The van der Waals surface area contributed by atoms with Crippen LogP contribution in [0.3, 0.4) is 0 Å². The van der Waals surface area contributed by atoms with Crippen molar-refractivity contribution in [3.05, 3.63) is 69.6 Å². The maximum Gasteiger partial charge on any atom is 0.260 e. The van der Waals surface area contributed by atoms with Gasteiger partial charge in [0.05, 0.1) is 28.8 Å². The molecule has 0 aliphatic carbocycles. The lowest BCUT2D eigenvalue weighted by Crippen LogP contribution is -2.50. The summed E-state index contributed by atoms with van der Waals surface area (Å²) in [5.74, 6) is 1.14. The number of thiazole rings is 1. The number of rotatable bonds is 3. The SMILES string of the molecule is O=C(c1c(=O)c2ccc(N3CCOCC3)nc2n2c1sc1ccc(Cl)cc12)N1CCN(c2ncccn2)CC1. The van der Waals surface area contributed by atoms with Crippen molar-refractivity contribution in [2.45, 2.75) is 0 Å². The van der Waals surface area contributed by atoms with Crippen LogP contribution >= 0.6 is 22.9 Å². The van der Waals surface area contributed by atoms with Crippen LogP contribution in [0, 0.1) is 0 Å². The number of pyridine rings is 2. The Morgan fingerprint density at radius 1 is 0.949 bits per heavy atom. The van der Waals surface area contributed by atoms with Gasteiger partial charge in [-0.1, -0.05) is 11.6 Å². The molecular weight excluding hydrogens is 538 g/mol. The molecule has 10 nitrogen and oxygen atoms in total. The molecule has 198 valence electrons. The standard InChI is InChI=1S/C27H24ClN7O3S/c28-17-2-4-20-19(16-17)35-24-18(3-5-21(31-24)32-12-14-38-15-13-32)23(36)22(26(35)39-20)25(37)33-8-10-34(11-9-33)27-29-6-1-7-30-27/h1-7,16H,8-15H2. The van der Waals surface area contributed by atoms with Crippen LogP contribution in [0.4, 0.5) is 11.8 Å². The second kappa shape index (κ2) is 9.74. The highest BCUT2D eigenvalue weighted by Gasteiger charge is 2.29. The normalized spacial score (nSPS) is 16.5. The molecule has 2 fully saturated rings. The fourth-order valence-electron chi connectivity index (χ4n) is 5.28. The van der Waals surface area contributed by atoms with Crippen molar-refractivity contribution in [1.82, 2.24) is 24.3 Å². The van der Waals surface area contributed by atoms with Gasteiger partial charge in [0.2, 0.25) is 11.4 Å². The summed E-state index contributed by atoms with van der Waals surface area (Å²) in [5.41, 5.74) is 1.21. The van der Waals surface area contributed by atoms with E-state index in [0.717, 1.165) is 29.1 Å². The Morgan fingerprint density at radius 2 is 1.72 bits per heavy atom.